The molecule has 1 aliphatic rings. The van der Waals surface area contributed by atoms with Crippen LogP contribution >= 0.6 is 0 Å². The Morgan fingerprint density at radius 2 is 2.00 bits per heavy atom. The lowest BCUT2D eigenvalue weighted by atomic mass is 10.2. The summed E-state index contributed by atoms with van der Waals surface area (Å²) in [7, 11) is -3.49. The van der Waals surface area contributed by atoms with Crippen molar-refractivity contribution in [3.8, 4) is 11.5 Å². The monoisotopic (exact) mass is 272 g/mol. The summed E-state index contributed by atoms with van der Waals surface area (Å²) in [6.45, 7) is 2.00. The maximum absolute atomic E-state index is 11.8. The zero-order valence-electron chi connectivity index (χ0n) is 9.67. The Balaban J connectivity index is 2.66. The highest BCUT2D eigenvalue weighted by Crippen LogP contribution is 2.36. The Labute approximate surface area is 104 Å². The van der Waals surface area contributed by atoms with Crippen LogP contribution in [0.3, 0.4) is 0 Å². The number of hydrogen-bond acceptors (Lipinski definition) is 5. The highest BCUT2D eigenvalue weighted by atomic mass is 32.2. The zero-order valence-corrected chi connectivity index (χ0v) is 10.5. The molecule has 0 unspecified atom stereocenters. The molecule has 1 aromatic rings. The van der Waals surface area contributed by atoms with Crippen LogP contribution in [0.5, 0.6) is 11.5 Å². The number of carboxylic acid groups (broad SMARTS) is 1. The summed E-state index contributed by atoms with van der Waals surface area (Å²) in [5.41, 5.74) is -0.195. The number of carboxylic acids is 1. The largest absolute Gasteiger partial charge is 0.486 e. The van der Waals surface area contributed by atoms with Crippen LogP contribution in [0.1, 0.15) is 17.3 Å². The van der Waals surface area contributed by atoms with Gasteiger partial charge in [-0.15, -0.1) is 0 Å². The van der Waals surface area contributed by atoms with E-state index in [9.17, 15) is 13.2 Å². The summed E-state index contributed by atoms with van der Waals surface area (Å²) in [5.74, 6) is -1.10. The van der Waals surface area contributed by atoms with Crippen LogP contribution in [0.25, 0.3) is 0 Å². The van der Waals surface area contributed by atoms with Gasteiger partial charge >= 0.3 is 5.97 Å². The van der Waals surface area contributed by atoms with Gasteiger partial charge in [-0.3, -0.25) is 0 Å². The molecule has 0 spiro atoms. The van der Waals surface area contributed by atoms with Crippen molar-refractivity contribution in [1.82, 2.24) is 0 Å². The van der Waals surface area contributed by atoms with Crippen LogP contribution < -0.4 is 9.47 Å². The van der Waals surface area contributed by atoms with Crippen molar-refractivity contribution < 1.29 is 27.8 Å². The third kappa shape index (κ3) is 2.13. The average Bonchev–Trinajstić information content (AvgIpc) is 2.37. The standard InChI is InChI=1S/C11H12O6S/c1-2-18(14,15)7-5-8(11(12)13)10-9(6-7)16-3-4-17-10/h5-6H,2-4H2,1H3,(H,12,13). The van der Waals surface area contributed by atoms with Crippen LogP contribution in [0, 0.1) is 0 Å². The molecule has 1 aromatic carbocycles. The quantitative estimate of drug-likeness (QED) is 0.881. The summed E-state index contributed by atoms with van der Waals surface area (Å²) >= 11 is 0. The summed E-state index contributed by atoms with van der Waals surface area (Å²) in [6.07, 6.45) is 0. The van der Waals surface area contributed by atoms with E-state index in [1.54, 1.807) is 0 Å². The number of hydrogen-bond donors (Lipinski definition) is 1. The lowest BCUT2D eigenvalue weighted by Crippen LogP contribution is -2.19. The smallest absolute Gasteiger partial charge is 0.339 e. The molecule has 0 radical (unpaired) electrons. The minimum absolute atomic E-state index is 0.0633. The van der Waals surface area contributed by atoms with Gasteiger partial charge in [0.2, 0.25) is 0 Å². The Hall–Kier alpha value is -1.76. The topological polar surface area (TPSA) is 89.9 Å². The molecule has 0 amide bonds. The molecule has 0 aliphatic carbocycles. The van der Waals surface area contributed by atoms with Gasteiger partial charge in [0.05, 0.1) is 10.6 Å². The molecule has 7 heteroatoms. The number of rotatable bonds is 3. The minimum Gasteiger partial charge on any atom is -0.486 e. The van der Waals surface area contributed by atoms with E-state index in [4.69, 9.17) is 14.6 Å². The minimum atomic E-state index is -3.49. The van der Waals surface area contributed by atoms with Gasteiger partial charge in [-0.1, -0.05) is 6.92 Å². The number of sulfone groups is 1. The Morgan fingerprint density at radius 1 is 1.33 bits per heavy atom. The second kappa shape index (κ2) is 4.49. The van der Waals surface area contributed by atoms with E-state index in [2.05, 4.69) is 0 Å². The fourth-order valence-electron chi connectivity index (χ4n) is 1.63. The molecule has 0 fully saturated rings. The first-order chi connectivity index (χ1) is 8.45. The second-order valence-corrected chi connectivity index (χ2v) is 5.98. The predicted octanol–water partition coefficient (Wildman–Crippen LogP) is 0.950. The van der Waals surface area contributed by atoms with Crippen LogP contribution in [-0.4, -0.2) is 38.5 Å². The molecule has 18 heavy (non-hydrogen) atoms. The Bertz CT molecular complexity index is 590. The van der Waals surface area contributed by atoms with Gasteiger partial charge in [0.25, 0.3) is 0 Å². The molecular formula is C11H12O6S. The maximum Gasteiger partial charge on any atom is 0.339 e. The van der Waals surface area contributed by atoms with E-state index in [-0.39, 0.29) is 40.9 Å². The van der Waals surface area contributed by atoms with E-state index in [0.29, 0.717) is 0 Å². The van der Waals surface area contributed by atoms with Crippen LogP contribution in [0.15, 0.2) is 17.0 Å². The average molecular weight is 272 g/mol. The van der Waals surface area contributed by atoms with Gasteiger partial charge in [0.15, 0.2) is 21.3 Å². The first kappa shape index (κ1) is 12.7. The molecule has 1 heterocycles. The molecule has 1 aliphatic heterocycles. The van der Waals surface area contributed by atoms with Crippen LogP contribution in [-0.2, 0) is 9.84 Å². The molecule has 0 atom stereocenters. The SMILES string of the molecule is CCS(=O)(=O)c1cc2c(c(C(=O)O)c1)OCCO2. The summed E-state index contributed by atoms with van der Waals surface area (Å²) in [5, 5.41) is 9.07. The number of carbonyl (C=O) groups is 1. The fraction of sp³-hybridized carbons (Fsp3) is 0.364. The second-order valence-electron chi connectivity index (χ2n) is 3.70. The lowest BCUT2D eigenvalue weighted by Gasteiger charge is -2.20. The molecular weight excluding hydrogens is 260 g/mol. The van der Waals surface area contributed by atoms with E-state index in [0.717, 1.165) is 6.07 Å². The van der Waals surface area contributed by atoms with Crippen molar-refractivity contribution >= 4 is 15.8 Å². The number of aromatic carboxylic acids is 1. The van der Waals surface area contributed by atoms with E-state index >= 15 is 0 Å². The Kier molecular flexibility index (Phi) is 3.16. The molecule has 6 nitrogen and oxygen atoms in total. The van der Waals surface area contributed by atoms with Gasteiger partial charge in [0, 0.05) is 6.07 Å². The van der Waals surface area contributed by atoms with Crippen molar-refractivity contribution in [3.05, 3.63) is 17.7 Å². The van der Waals surface area contributed by atoms with Crippen LogP contribution in [0.2, 0.25) is 0 Å². The van der Waals surface area contributed by atoms with E-state index < -0.39 is 15.8 Å². The molecule has 0 saturated heterocycles. The van der Waals surface area contributed by atoms with Crippen molar-refractivity contribution in [3.63, 3.8) is 0 Å². The summed E-state index contributed by atoms with van der Waals surface area (Å²) in [4.78, 5) is 11.0. The van der Waals surface area contributed by atoms with Crippen molar-refractivity contribution in [2.75, 3.05) is 19.0 Å². The molecule has 2 rings (SSSR count). The normalized spacial score (nSPS) is 14.3. The molecule has 1 N–H and O–H groups in total. The van der Waals surface area contributed by atoms with Gasteiger partial charge in [0.1, 0.15) is 18.8 Å². The van der Waals surface area contributed by atoms with Crippen molar-refractivity contribution in [2.45, 2.75) is 11.8 Å². The van der Waals surface area contributed by atoms with Gasteiger partial charge in [-0.05, 0) is 6.07 Å². The Morgan fingerprint density at radius 3 is 2.61 bits per heavy atom. The number of benzene rings is 1. The van der Waals surface area contributed by atoms with Gasteiger partial charge < -0.3 is 14.6 Å². The van der Waals surface area contributed by atoms with Crippen molar-refractivity contribution in [2.24, 2.45) is 0 Å². The molecule has 0 aromatic heterocycles. The third-order valence-electron chi connectivity index (χ3n) is 2.59. The first-order valence-corrected chi connectivity index (χ1v) is 7.00. The predicted molar refractivity (Wildman–Crippen MR) is 62.1 cm³/mol. The van der Waals surface area contributed by atoms with Gasteiger partial charge in [-0.2, -0.15) is 0 Å². The van der Waals surface area contributed by atoms with Crippen molar-refractivity contribution in [1.29, 1.82) is 0 Å². The molecule has 0 saturated carbocycles. The highest BCUT2D eigenvalue weighted by Gasteiger charge is 2.25. The maximum atomic E-state index is 11.8. The fourth-order valence-corrected chi connectivity index (χ4v) is 2.55. The summed E-state index contributed by atoms with van der Waals surface area (Å²) in [6, 6.07) is 2.41. The van der Waals surface area contributed by atoms with Gasteiger partial charge in [-0.25, -0.2) is 13.2 Å². The van der Waals surface area contributed by atoms with Crippen LogP contribution in [0.4, 0.5) is 0 Å². The highest BCUT2D eigenvalue weighted by molar-refractivity contribution is 7.91. The first-order valence-electron chi connectivity index (χ1n) is 5.35. The lowest BCUT2D eigenvalue weighted by molar-refractivity contribution is 0.0685. The van der Waals surface area contributed by atoms with E-state index in [1.165, 1.54) is 13.0 Å². The summed E-state index contributed by atoms with van der Waals surface area (Å²) < 4.78 is 34.0. The van der Waals surface area contributed by atoms with E-state index in [1.807, 2.05) is 0 Å². The molecule has 0 bridgehead atoms. The zero-order chi connectivity index (χ0) is 13.3. The number of ether oxygens (including phenoxy) is 2. The third-order valence-corrected chi connectivity index (χ3v) is 4.30. The number of fused-ring (bicyclic) bond motifs is 1. The molecule has 98 valence electrons.